The van der Waals surface area contributed by atoms with Gasteiger partial charge in [-0.2, -0.15) is 0 Å². The van der Waals surface area contributed by atoms with Crippen LogP contribution in [0.2, 0.25) is 0 Å². The van der Waals surface area contributed by atoms with E-state index in [0.717, 1.165) is 60.7 Å². The van der Waals surface area contributed by atoms with Gasteiger partial charge < -0.3 is 4.90 Å². The summed E-state index contributed by atoms with van der Waals surface area (Å²) in [6.45, 7) is 0. The molecule has 0 spiro atoms. The Morgan fingerprint density at radius 1 is 0.532 bits per heavy atom. The summed E-state index contributed by atoms with van der Waals surface area (Å²) < 4.78 is 44.3. The minimum atomic E-state index is -0.409. The number of nitrogens with zero attached hydrogens (tertiary/aromatic N) is 2. The SMILES string of the molecule is [2H]c1c([2H])c([2H])c(-c2nc3c(s2)-c2cccc4cc(N(c5ccc(-c6ccccc6)cc5)c5ccc6c(c5)sc5ccccc56)cc-3c24)c([2H])c1[2H]. The number of rotatable bonds is 5. The summed E-state index contributed by atoms with van der Waals surface area (Å²) in [7, 11) is 0. The molecule has 0 amide bonds. The van der Waals surface area contributed by atoms with Crippen LogP contribution in [0.4, 0.5) is 17.1 Å². The minimum Gasteiger partial charge on any atom is -0.310 e. The van der Waals surface area contributed by atoms with Crippen LogP contribution < -0.4 is 4.90 Å². The number of thiazole rings is 1. The van der Waals surface area contributed by atoms with Crippen molar-refractivity contribution in [3.05, 3.63) is 158 Å². The molecule has 2 heterocycles. The topological polar surface area (TPSA) is 16.1 Å². The molecule has 0 saturated carbocycles. The van der Waals surface area contributed by atoms with E-state index in [2.05, 4.69) is 120 Å². The van der Waals surface area contributed by atoms with E-state index in [9.17, 15) is 0 Å². The second kappa shape index (κ2) is 10.5. The zero-order valence-electron chi connectivity index (χ0n) is 29.8. The van der Waals surface area contributed by atoms with E-state index in [0.29, 0.717) is 5.01 Å². The number of hydrogen-bond acceptors (Lipinski definition) is 4. The number of benzene rings is 7. The molecular weight excluding hydrogens is 609 g/mol. The Kier molecular flexibility index (Phi) is 4.93. The molecule has 10 rings (SSSR count). The summed E-state index contributed by atoms with van der Waals surface area (Å²) in [5, 5.41) is 5.09. The lowest BCUT2D eigenvalue weighted by Gasteiger charge is -2.26. The summed E-state index contributed by atoms with van der Waals surface area (Å²) in [6, 6.07) is 43.3. The third kappa shape index (κ3) is 4.26. The summed E-state index contributed by atoms with van der Waals surface area (Å²) >= 11 is 3.17. The average molecular weight is 640 g/mol. The maximum Gasteiger partial charge on any atom is 0.124 e. The highest BCUT2D eigenvalue weighted by molar-refractivity contribution is 7.25. The molecule has 4 heteroatoms. The van der Waals surface area contributed by atoms with Gasteiger partial charge >= 0.3 is 0 Å². The minimum absolute atomic E-state index is 0.132. The van der Waals surface area contributed by atoms with Crippen molar-refractivity contribution in [2.45, 2.75) is 0 Å². The summed E-state index contributed by atoms with van der Waals surface area (Å²) in [5.41, 5.74) is 8.20. The van der Waals surface area contributed by atoms with Crippen LogP contribution in [0.3, 0.4) is 0 Å². The molecule has 1 aliphatic rings. The van der Waals surface area contributed by atoms with E-state index >= 15 is 0 Å². The molecular formula is C43H26N2S2. The smallest absolute Gasteiger partial charge is 0.124 e. The van der Waals surface area contributed by atoms with Crippen LogP contribution in [0.15, 0.2) is 158 Å². The molecule has 7 aromatic carbocycles. The van der Waals surface area contributed by atoms with Crippen LogP contribution in [-0.4, -0.2) is 4.98 Å². The van der Waals surface area contributed by atoms with Gasteiger partial charge in [0.2, 0.25) is 0 Å². The highest BCUT2D eigenvalue weighted by atomic mass is 32.1. The van der Waals surface area contributed by atoms with Gasteiger partial charge in [-0.1, -0.05) is 115 Å². The number of hydrogen-bond donors (Lipinski definition) is 0. The number of thiophene rings is 1. The maximum atomic E-state index is 8.62. The predicted molar refractivity (Wildman–Crippen MR) is 202 cm³/mol. The third-order valence-corrected chi connectivity index (χ3v) is 11.2. The second-order valence-electron chi connectivity index (χ2n) is 11.6. The van der Waals surface area contributed by atoms with Gasteiger partial charge in [0.25, 0.3) is 0 Å². The molecule has 47 heavy (non-hydrogen) atoms. The molecule has 220 valence electrons. The molecule has 0 aliphatic heterocycles. The van der Waals surface area contributed by atoms with Gasteiger partial charge in [0.05, 0.1) is 17.4 Å². The predicted octanol–water partition coefficient (Wildman–Crippen LogP) is 13.1. The van der Waals surface area contributed by atoms with Crippen molar-refractivity contribution < 1.29 is 6.85 Å². The molecule has 9 aromatic rings. The first-order valence-electron chi connectivity index (χ1n) is 17.9. The van der Waals surface area contributed by atoms with E-state index in [-0.39, 0.29) is 29.7 Å². The van der Waals surface area contributed by atoms with Crippen LogP contribution in [0.5, 0.6) is 0 Å². The van der Waals surface area contributed by atoms with Crippen molar-refractivity contribution in [2.24, 2.45) is 0 Å². The Balaban J connectivity index is 1.17. The van der Waals surface area contributed by atoms with E-state index < -0.39 is 6.04 Å². The van der Waals surface area contributed by atoms with Crippen molar-refractivity contribution in [3.63, 3.8) is 0 Å². The fourth-order valence-electron chi connectivity index (χ4n) is 6.80. The largest absolute Gasteiger partial charge is 0.310 e. The van der Waals surface area contributed by atoms with Gasteiger partial charge in [0, 0.05) is 53.9 Å². The van der Waals surface area contributed by atoms with Gasteiger partial charge in [0.1, 0.15) is 5.01 Å². The number of aromatic nitrogens is 1. The van der Waals surface area contributed by atoms with Crippen molar-refractivity contribution in [2.75, 3.05) is 4.90 Å². The Morgan fingerprint density at radius 2 is 1.30 bits per heavy atom. The summed E-state index contributed by atoms with van der Waals surface area (Å²) in [5.74, 6) is 0. The van der Waals surface area contributed by atoms with Crippen LogP contribution in [0.1, 0.15) is 6.85 Å². The van der Waals surface area contributed by atoms with Crippen LogP contribution in [-0.2, 0) is 0 Å². The monoisotopic (exact) mass is 639 g/mol. The molecule has 0 fully saturated rings. The Labute approximate surface area is 287 Å². The van der Waals surface area contributed by atoms with Crippen molar-refractivity contribution in [1.82, 2.24) is 4.98 Å². The van der Waals surface area contributed by atoms with Gasteiger partial charge in [-0.15, -0.1) is 22.7 Å². The molecule has 0 atom stereocenters. The van der Waals surface area contributed by atoms with Gasteiger partial charge in [0.15, 0.2) is 0 Å². The van der Waals surface area contributed by atoms with Gasteiger partial charge in [-0.05, 0) is 64.4 Å². The van der Waals surface area contributed by atoms with Gasteiger partial charge in [-0.25, -0.2) is 4.98 Å². The van der Waals surface area contributed by atoms with Crippen LogP contribution >= 0.6 is 22.7 Å². The van der Waals surface area contributed by atoms with Crippen molar-refractivity contribution in [1.29, 1.82) is 0 Å². The van der Waals surface area contributed by atoms with E-state index in [1.807, 2.05) is 12.1 Å². The zero-order chi connectivity index (χ0) is 35.2. The summed E-state index contributed by atoms with van der Waals surface area (Å²) in [4.78, 5) is 8.25. The molecule has 0 N–H and O–H groups in total. The highest BCUT2D eigenvalue weighted by Crippen LogP contribution is 2.53. The Hall–Kier alpha value is -5.55. The van der Waals surface area contributed by atoms with Crippen molar-refractivity contribution in [3.8, 4) is 43.4 Å². The first-order valence-corrected chi connectivity index (χ1v) is 17.0. The fourth-order valence-corrected chi connectivity index (χ4v) is 9.01. The van der Waals surface area contributed by atoms with E-state index in [4.69, 9.17) is 11.8 Å². The normalized spacial score (nSPS) is 13.3. The lowest BCUT2D eigenvalue weighted by molar-refractivity contribution is 1.29. The Bertz CT molecular complexity index is 2890. The van der Waals surface area contributed by atoms with Crippen molar-refractivity contribution >= 4 is 70.7 Å². The van der Waals surface area contributed by atoms with Crippen LogP contribution in [0.25, 0.3) is 74.3 Å². The molecule has 0 saturated heterocycles. The molecule has 2 nitrogen and oxygen atoms in total. The van der Waals surface area contributed by atoms with E-state index in [1.165, 1.54) is 31.5 Å². The van der Waals surface area contributed by atoms with Gasteiger partial charge in [-0.3, -0.25) is 0 Å². The standard InChI is InChI=1S/C43H26N2S2/c1-3-10-27(11-4-1)28-18-20-31(21-19-28)45(32-22-23-35-34-15-7-8-17-38(34)46-39(35)26-32)33-24-30-14-9-16-36-40(30)37(25-33)41-42(36)47-43(44-41)29-12-5-2-6-13-29/h1-26H/i2D,5D,6D,12D,13D. The molecule has 1 aliphatic carbocycles. The fraction of sp³-hybridized carbons (Fsp3) is 0. The molecule has 0 unspecified atom stereocenters. The zero-order valence-corrected chi connectivity index (χ0v) is 26.5. The Morgan fingerprint density at radius 3 is 2.17 bits per heavy atom. The first kappa shape index (κ1) is 22.1. The average Bonchev–Trinajstić information content (AvgIpc) is 3.86. The highest BCUT2D eigenvalue weighted by Gasteiger charge is 2.28. The molecule has 2 aromatic heterocycles. The first-order chi connectivity index (χ1) is 25.4. The van der Waals surface area contributed by atoms with E-state index in [1.54, 1.807) is 11.3 Å². The lowest BCUT2D eigenvalue weighted by atomic mass is 10.0. The summed E-state index contributed by atoms with van der Waals surface area (Å²) in [6.07, 6.45) is 0. The van der Waals surface area contributed by atoms with Crippen LogP contribution in [0, 0.1) is 0 Å². The lowest BCUT2D eigenvalue weighted by Crippen LogP contribution is -2.10. The quantitative estimate of drug-likeness (QED) is 0.186. The number of anilines is 3. The second-order valence-corrected chi connectivity index (χ2v) is 13.7. The number of fused-ring (bicyclic) bond motifs is 6. The third-order valence-electron chi connectivity index (χ3n) is 8.91. The maximum absolute atomic E-state index is 8.62. The molecule has 0 radical (unpaired) electrons. The molecule has 0 bridgehead atoms.